The number of hydrogen-bond donors (Lipinski definition) is 0. The fourth-order valence-corrected chi connectivity index (χ4v) is 7.38. The minimum atomic E-state index is 0.138. The molecule has 1 aromatic carbocycles. The number of pyridine rings is 1. The Bertz CT molecular complexity index is 1740. The average molecular weight is 598 g/mol. The lowest BCUT2D eigenvalue weighted by Crippen LogP contribution is -2.74. The van der Waals surface area contributed by atoms with Crippen molar-refractivity contribution in [1.29, 1.82) is 5.26 Å². The Morgan fingerprint density at radius 1 is 1.09 bits per heavy atom. The molecule has 4 aromatic rings. The van der Waals surface area contributed by atoms with Crippen LogP contribution >= 0.6 is 11.3 Å². The number of hydrogen-bond acceptors (Lipinski definition) is 9. The van der Waals surface area contributed by atoms with Gasteiger partial charge in [-0.3, -0.25) is 0 Å². The van der Waals surface area contributed by atoms with E-state index in [1.165, 1.54) is 11.3 Å². The van der Waals surface area contributed by atoms with E-state index in [-0.39, 0.29) is 11.4 Å². The highest BCUT2D eigenvalue weighted by Gasteiger charge is 2.54. The van der Waals surface area contributed by atoms with Crippen LogP contribution in [0.15, 0.2) is 30.3 Å². The fraction of sp³-hybridized carbons (Fsp3) is 0.452. The maximum absolute atomic E-state index is 12.9. The molecule has 0 N–H and O–H groups in total. The summed E-state index contributed by atoms with van der Waals surface area (Å²) < 4.78 is 7.36. The summed E-state index contributed by atoms with van der Waals surface area (Å²) in [5.41, 5.74) is 5.68. The first-order valence-electron chi connectivity index (χ1n) is 14.8. The number of fused-ring (bicyclic) bond motifs is 1. The van der Waals surface area contributed by atoms with Crippen LogP contribution in [0.5, 0.6) is 0 Å². The summed E-state index contributed by atoms with van der Waals surface area (Å²) >= 11 is 1.38. The molecule has 222 valence electrons. The van der Waals surface area contributed by atoms with E-state index in [2.05, 4.69) is 24.0 Å². The Kier molecular flexibility index (Phi) is 6.74. The number of morpholine rings is 1. The van der Waals surface area contributed by atoms with Gasteiger partial charge in [0.2, 0.25) is 0 Å². The quantitative estimate of drug-likeness (QED) is 0.333. The standard InChI is InChI=1S/C31H35N9O2S/c1-5-40-28(36(4)29-34-26(25(15-32)43-29)22-8-6-20(2)7-9-22)23-14-24(21(3)33-27(23)35-40)38-16-31(17-38)18-39(19-31)30(41)37-10-12-42-13-11-37/h6-9,14H,5,10-13,16-19H2,1-4H3. The van der Waals surface area contributed by atoms with Crippen molar-refractivity contribution < 1.29 is 9.53 Å². The van der Waals surface area contributed by atoms with Gasteiger partial charge in [-0.05, 0) is 26.8 Å². The second-order valence-corrected chi connectivity index (χ2v) is 12.9. The van der Waals surface area contributed by atoms with Gasteiger partial charge in [-0.15, -0.1) is 0 Å². The number of amides is 2. The Labute approximate surface area is 254 Å². The molecule has 7 rings (SSSR count). The number of aryl methyl sites for hydroxylation is 3. The smallest absolute Gasteiger partial charge is 0.320 e. The highest BCUT2D eigenvalue weighted by Crippen LogP contribution is 2.45. The third kappa shape index (κ3) is 4.67. The largest absolute Gasteiger partial charge is 0.378 e. The lowest BCUT2D eigenvalue weighted by atomic mass is 9.72. The van der Waals surface area contributed by atoms with E-state index in [1.807, 2.05) is 64.5 Å². The third-order valence-electron chi connectivity index (χ3n) is 8.81. The van der Waals surface area contributed by atoms with Crippen molar-refractivity contribution in [2.45, 2.75) is 27.3 Å². The molecule has 0 radical (unpaired) electrons. The molecule has 2 amide bonds. The molecule has 3 fully saturated rings. The minimum Gasteiger partial charge on any atom is -0.378 e. The number of ether oxygens (including phenoxy) is 1. The van der Waals surface area contributed by atoms with Gasteiger partial charge >= 0.3 is 6.03 Å². The van der Waals surface area contributed by atoms with Crippen molar-refractivity contribution in [1.82, 2.24) is 29.5 Å². The molecule has 43 heavy (non-hydrogen) atoms. The first kappa shape index (κ1) is 27.6. The number of urea groups is 1. The Morgan fingerprint density at radius 3 is 2.49 bits per heavy atom. The number of rotatable bonds is 5. The molecule has 0 aliphatic carbocycles. The van der Waals surface area contributed by atoms with Crippen molar-refractivity contribution >= 4 is 45.0 Å². The van der Waals surface area contributed by atoms with Crippen LogP contribution in [0.25, 0.3) is 22.3 Å². The van der Waals surface area contributed by atoms with Gasteiger partial charge in [0.1, 0.15) is 22.5 Å². The first-order chi connectivity index (χ1) is 20.8. The molecular formula is C31H35N9O2S. The number of nitriles is 1. The van der Waals surface area contributed by atoms with Gasteiger partial charge in [0, 0.05) is 63.8 Å². The molecule has 3 aliphatic rings. The normalized spacial score (nSPS) is 17.6. The van der Waals surface area contributed by atoms with E-state index in [0.717, 1.165) is 65.0 Å². The summed E-state index contributed by atoms with van der Waals surface area (Å²) in [6.07, 6.45) is 0. The van der Waals surface area contributed by atoms with Crippen LogP contribution in [-0.2, 0) is 11.3 Å². The molecule has 12 heteroatoms. The van der Waals surface area contributed by atoms with Gasteiger partial charge in [-0.25, -0.2) is 19.4 Å². The summed E-state index contributed by atoms with van der Waals surface area (Å²) in [5.74, 6) is 0.904. The number of carbonyl (C=O) groups excluding carboxylic acids is 1. The lowest BCUT2D eigenvalue weighted by Gasteiger charge is -2.61. The summed E-state index contributed by atoms with van der Waals surface area (Å²) in [4.78, 5) is 31.6. The van der Waals surface area contributed by atoms with Crippen molar-refractivity contribution in [2.24, 2.45) is 5.41 Å². The van der Waals surface area contributed by atoms with Gasteiger partial charge in [-0.1, -0.05) is 41.2 Å². The van der Waals surface area contributed by atoms with E-state index in [0.29, 0.717) is 49.1 Å². The molecule has 11 nitrogen and oxygen atoms in total. The first-order valence-corrected chi connectivity index (χ1v) is 15.6. The van der Waals surface area contributed by atoms with E-state index < -0.39 is 0 Å². The monoisotopic (exact) mass is 597 g/mol. The zero-order valence-corrected chi connectivity index (χ0v) is 25.8. The fourth-order valence-electron chi connectivity index (χ4n) is 6.53. The van der Waals surface area contributed by atoms with Gasteiger partial charge in [0.15, 0.2) is 10.8 Å². The summed E-state index contributed by atoms with van der Waals surface area (Å²) in [7, 11) is 1.98. The second kappa shape index (κ2) is 10.5. The van der Waals surface area contributed by atoms with E-state index >= 15 is 0 Å². The predicted octanol–water partition coefficient (Wildman–Crippen LogP) is 4.41. The van der Waals surface area contributed by atoms with Crippen molar-refractivity contribution in [3.05, 3.63) is 46.5 Å². The number of likely N-dealkylation sites (tertiary alicyclic amines) is 1. The zero-order chi connectivity index (χ0) is 29.9. The highest BCUT2D eigenvalue weighted by atomic mass is 32.1. The molecule has 3 aromatic heterocycles. The van der Waals surface area contributed by atoms with Crippen LogP contribution in [0, 0.1) is 30.6 Å². The molecular weight excluding hydrogens is 562 g/mol. The van der Waals surface area contributed by atoms with Gasteiger partial charge in [0.25, 0.3) is 0 Å². The van der Waals surface area contributed by atoms with Crippen LogP contribution in [0.1, 0.15) is 23.1 Å². The van der Waals surface area contributed by atoms with Gasteiger partial charge < -0.3 is 24.3 Å². The van der Waals surface area contributed by atoms with Gasteiger partial charge in [0.05, 0.1) is 30.0 Å². The molecule has 0 atom stereocenters. The molecule has 0 saturated carbocycles. The molecule has 3 aliphatic heterocycles. The molecule has 1 spiro atoms. The molecule has 3 saturated heterocycles. The SMILES string of the molecule is CCn1nc2nc(C)c(N3CC4(CN(C(=O)N5CCOCC5)C4)C3)cc2c1N(C)c1nc(-c2ccc(C)cc2)c(C#N)s1. The second-order valence-electron chi connectivity index (χ2n) is 11.9. The topological polar surface area (TPSA) is 107 Å². The Morgan fingerprint density at radius 2 is 1.81 bits per heavy atom. The number of aromatic nitrogens is 4. The number of carbonyl (C=O) groups is 1. The summed E-state index contributed by atoms with van der Waals surface area (Å²) in [6, 6.07) is 12.8. The third-order valence-corrected chi connectivity index (χ3v) is 9.85. The van der Waals surface area contributed by atoms with E-state index in [9.17, 15) is 10.1 Å². The van der Waals surface area contributed by atoms with Gasteiger partial charge in [-0.2, -0.15) is 10.4 Å². The highest BCUT2D eigenvalue weighted by molar-refractivity contribution is 7.16. The molecule has 0 bridgehead atoms. The molecule has 0 unspecified atom stereocenters. The maximum atomic E-state index is 12.9. The van der Waals surface area contributed by atoms with Crippen LogP contribution in [0.3, 0.4) is 0 Å². The maximum Gasteiger partial charge on any atom is 0.320 e. The predicted molar refractivity (Wildman–Crippen MR) is 167 cm³/mol. The lowest BCUT2D eigenvalue weighted by molar-refractivity contribution is -0.0179. The van der Waals surface area contributed by atoms with Crippen LogP contribution in [0.2, 0.25) is 0 Å². The summed E-state index contributed by atoms with van der Waals surface area (Å²) in [5, 5.41) is 16.4. The average Bonchev–Trinajstić information content (AvgIpc) is 3.57. The number of anilines is 3. The number of benzene rings is 1. The summed E-state index contributed by atoms with van der Waals surface area (Å²) in [6.45, 7) is 12.8. The number of thiazole rings is 1. The van der Waals surface area contributed by atoms with Crippen LogP contribution in [0.4, 0.5) is 21.4 Å². The van der Waals surface area contributed by atoms with E-state index in [1.54, 1.807) is 0 Å². The molecule has 6 heterocycles. The van der Waals surface area contributed by atoms with Crippen molar-refractivity contribution in [3.63, 3.8) is 0 Å². The van der Waals surface area contributed by atoms with Crippen LogP contribution < -0.4 is 9.80 Å². The zero-order valence-electron chi connectivity index (χ0n) is 25.0. The Hall–Kier alpha value is -4.21. The van der Waals surface area contributed by atoms with E-state index in [4.69, 9.17) is 19.8 Å². The van der Waals surface area contributed by atoms with Crippen molar-refractivity contribution in [2.75, 3.05) is 69.3 Å². The minimum absolute atomic E-state index is 0.138. The van der Waals surface area contributed by atoms with Crippen molar-refractivity contribution in [3.8, 4) is 17.3 Å². The van der Waals surface area contributed by atoms with Crippen LogP contribution in [-0.4, -0.2) is 95.1 Å². The Balaban J connectivity index is 1.14. The number of nitrogens with zero attached hydrogens (tertiary/aromatic N) is 9.